The maximum Gasteiger partial charge on any atom is 0.290 e. The molecular formula is C10H16N4O2. The Hall–Kier alpha value is -1.43. The molecule has 1 saturated carbocycles. The van der Waals surface area contributed by atoms with E-state index in [0.717, 1.165) is 25.7 Å². The highest BCUT2D eigenvalue weighted by molar-refractivity contribution is 5.88. The van der Waals surface area contributed by atoms with Gasteiger partial charge in [0.1, 0.15) is 0 Å². The Bertz CT molecular complexity index is 403. The van der Waals surface area contributed by atoms with Gasteiger partial charge in [-0.15, -0.1) is 0 Å². The van der Waals surface area contributed by atoms with Crippen LogP contribution in [0.15, 0.2) is 4.52 Å². The second-order valence-electron chi connectivity index (χ2n) is 4.56. The van der Waals surface area contributed by atoms with Crippen molar-refractivity contribution in [2.75, 3.05) is 0 Å². The standard InChI is InChI=1S/C10H16N4O2/c1-10(5-3-2-4-6(10)11)9-13-8(7(12)15)14-16-9/h6H,2-5,11H2,1H3,(H2,12,15). The molecule has 1 fully saturated rings. The number of amides is 1. The Morgan fingerprint density at radius 2 is 2.31 bits per heavy atom. The van der Waals surface area contributed by atoms with Crippen LogP contribution >= 0.6 is 0 Å². The minimum Gasteiger partial charge on any atom is -0.363 e. The predicted molar refractivity (Wildman–Crippen MR) is 56.6 cm³/mol. The summed E-state index contributed by atoms with van der Waals surface area (Å²) in [5.41, 5.74) is 10.8. The lowest BCUT2D eigenvalue weighted by Gasteiger charge is -2.35. The molecule has 0 aromatic carbocycles. The van der Waals surface area contributed by atoms with Crippen molar-refractivity contribution < 1.29 is 9.32 Å². The van der Waals surface area contributed by atoms with Crippen LogP contribution in [0.25, 0.3) is 0 Å². The van der Waals surface area contributed by atoms with Gasteiger partial charge in [-0.3, -0.25) is 4.79 Å². The zero-order valence-electron chi connectivity index (χ0n) is 9.27. The molecule has 1 heterocycles. The van der Waals surface area contributed by atoms with Crippen molar-refractivity contribution in [3.8, 4) is 0 Å². The maximum atomic E-state index is 10.9. The van der Waals surface area contributed by atoms with E-state index in [1.54, 1.807) is 0 Å². The number of carbonyl (C=O) groups excluding carboxylic acids is 1. The van der Waals surface area contributed by atoms with E-state index in [9.17, 15) is 4.79 Å². The molecule has 2 atom stereocenters. The van der Waals surface area contributed by atoms with Gasteiger partial charge in [-0.05, 0) is 19.8 Å². The second-order valence-corrected chi connectivity index (χ2v) is 4.56. The van der Waals surface area contributed by atoms with Crippen LogP contribution in [0.4, 0.5) is 0 Å². The molecular weight excluding hydrogens is 208 g/mol. The van der Waals surface area contributed by atoms with Crippen molar-refractivity contribution in [3.05, 3.63) is 11.7 Å². The van der Waals surface area contributed by atoms with Gasteiger partial charge in [0, 0.05) is 6.04 Å². The number of carbonyl (C=O) groups is 1. The first-order valence-corrected chi connectivity index (χ1v) is 5.43. The number of aromatic nitrogens is 2. The Labute approximate surface area is 93.4 Å². The summed E-state index contributed by atoms with van der Waals surface area (Å²) < 4.78 is 5.10. The van der Waals surface area contributed by atoms with E-state index in [1.165, 1.54) is 0 Å². The highest BCUT2D eigenvalue weighted by Crippen LogP contribution is 2.37. The van der Waals surface area contributed by atoms with Gasteiger partial charge in [-0.2, -0.15) is 4.98 Å². The zero-order valence-corrected chi connectivity index (χ0v) is 9.27. The average Bonchev–Trinajstić information content (AvgIpc) is 2.72. The molecule has 1 aliphatic rings. The molecule has 0 aliphatic heterocycles. The SMILES string of the molecule is CC1(c2nc(C(N)=O)no2)CCCCC1N. The van der Waals surface area contributed by atoms with Gasteiger partial charge in [0.25, 0.3) is 11.7 Å². The van der Waals surface area contributed by atoms with Crippen LogP contribution in [0.5, 0.6) is 0 Å². The summed E-state index contributed by atoms with van der Waals surface area (Å²) in [5.74, 6) is -0.328. The number of hydrogen-bond donors (Lipinski definition) is 2. The predicted octanol–water partition coefficient (Wildman–Crippen LogP) is 0.327. The Balaban J connectivity index is 2.30. The summed E-state index contributed by atoms with van der Waals surface area (Å²) in [6.45, 7) is 2.00. The topological polar surface area (TPSA) is 108 Å². The van der Waals surface area contributed by atoms with Crippen molar-refractivity contribution in [1.29, 1.82) is 0 Å². The molecule has 16 heavy (non-hydrogen) atoms. The molecule has 0 bridgehead atoms. The quantitative estimate of drug-likeness (QED) is 0.752. The van der Waals surface area contributed by atoms with Crippen LogP contribution in [0, 0.1) is 0 Å². The van der Waals surface area contributed by atoms with Gasteiger partial charge in [-0.1, -0.05) is 18.0 Å². The summed E-state index contributed by atoms with van der Waals surface area (Å²) in [6, 6.07) is -0.0116. The lowest BCUT2D eigenvalue weighted by atomic mass is 9.72. The van der Waals surface area contributed by atoms with Gasteiger partial charge in [-0.25, -0.2) is 0 Å². The minimum atomic E-state index is -0.678. The smallest absolute Gasteiger partial charge is 0.290 e. The van der Waals surface area contributed by atoms with Crippen LogP contribution in [0.1, 0.15) is 49.1 Å². The number of primary amides is 1. The normalized spacial score (nSPS) is 30.2. The van der Waals surface area contributed by atoms with Crippen molar-refractivity contribution in [3.63, 3.8) is 0 Å². The highest BCUT2D eigenvalue weighted by atomic mass is 16.5. The molecule has 0 saturated heterocycles. The van der Waals surface area contributed by atoms with Crippen molar-refractivity contribution in [1.82, 2.24) is 10.1 Å². The summed E-state index contributed by atoms with van der Waals surface area (Å²) in [6.07, 6.45) is 4.03. The molecule has 88 valence electrons. The Morgan fingerprint density at radius 1 is 1.56 bits per heavy atom. The molecule has 1 amide bonds. The zero-order chi connectivity index (χ0) is 11.8. The van der Waals surface area contributed by atoms with Crippen molar-refractivity contribution in [2.24, 2.45) is 11.5 Å². The molecule has 1 aromatic heterocycles. The molecule has 4 N–H and O–H groups in total. The van der Waals surface area contributed by atoms with E-state index in [0.29, 0.717) is 5.89 Å². The molecule has 2 unspecified atom stereocenters. The van der Waals surface area contributed by atoms with Crippen molar-refractivity contribution in [2.45, 2.75) is 44.1 Å². The van der Waals surface area contributed by atoms with E-state index >= 15 is 0 Å². The summed E-state index contributed by atoms with van der Waals surface area (Å²) in [4.78, 5) is 14.9. The molecule has 6 nitrogen and oxygen atoms in total. The van der Waals surface area contributed by atoms with Gasteiger partial charge in [0.05, 0.1) is 5.41 Å². The van der Waals surface area contributed by atoms with E-state index in [1.807, 2.05) is 6.92 Å². The van der Waals surface area contributed by atoms with E-state index in [-0.39, 0.29) is 17.3 Å². The lowest BCUT2D eigenvalue weighted by molar-refractivity contribution is 0.0987. The van der Waals surface area contributed by atoms with Crippen LogP contribution in [0.3, 0.4) is 0 Å². The van der Waals surface area contributed by atoms with Gasteiger partial charge in [0.2, 0.25) is 5.89 Å². The molecule has 0 spiro atoms. The van der Waals surface area contributed by atoms with Crippen LogP contribution < -0.4 is 11.5 Å². The number of rotatable bonds is 2. The van der Waals surface area contributed by atoms with E-state index in [4.69, 9.17) is 16.0 Å². The first kappa shape index (κ1) is 11.1. The third-order valence-electron chi connectivity index (χ3n) is 3.41. The summed E-state index contributed by atoms with van der Waals surface area (Å²) in [5, 5.41) is 3.55. The van der Waals surface area contributed by atoms with Gasteiger partial charge in [0.15, 0.2) is 0 Å². The first-order valence-electron chi connectivity index (χ1n) is 5.43. The number of nitrogens with two attached hydrogens (primary N) is 2. The van der Waals surface area contributed by atoms with Crippen LogP contribution in [-0.2, 0) is 5.41 Å². The molecule has 6 heteroatoms. The fourth-order valence-electron chi connectivity index (χ4n) is 2.18. The largest absolute Gasteiger partial charge is 0.363 e. The molecule has 0 radical (unpaired) electrons. The fourth-order valence-corrected chi connectivity index (χ4v) is 2.18. The molecule has 1 aliphatic carbocycles. The third-order valence-corrected chi connectivity index (χ3v) is 3.41. The highest BCUT2D eigenvalue weighted by Gasteiger charge is 2.41. The van der Waals surface area contributed by atoms with Gasteiger partial charge < -0.3 is 16.0 Å². The lowest BCUT2D eigenvalue weighted by Crippen LogP contribution is -2.45. The van der Waals surface area contributed by atoms with Gasteiger partial charge >= 0.3 is 0 Å². The van der Waals surface area contributed by atoms with Crippen LogP contribution in [-0.4, -0.2) is 22.1 Å². The van der Waals surface area contributed by atoms with Crippen LogP contribution in [0.2, 0.25) is 0 Å². The van der Waals surface area contributed by atoms with E-state index in [2.05, 4.69) is 10.1 Å². The maximum absolute atomic E-state index is 10.9. The monoisotopic (exact) mass is 224 g/mol. The second kappa shape index (κ2) is 3.86. The Kier molecular flexibility index (Phi) is 2.67. The summed E-state index contributed by atoms with van der Waals surface area (Å²) >= 11 is 0. The molecule has 2 rings (SSSR count). The number of nitrogens with zero attached hydrogens (tertiary/aromatic N) is 2. The first-order chi connectivity index (χ1) is 7.54. The average molecular weight is 224 g/mol. The number of hydrogen-bond acceptors (Lipinski definition) is 5. The molecule has 1 aromatic rings. The summed E-state index contributed by atoms with van der Waals surface area (Å²) in [7, 11) is 0. The fraction of sp³-hybridized carbons (Fsp3) is 0.700. The Morgan fingerprint density at radius 3 is 2.88 bits per heavy atom. The van der Waals surface area contributed by atoms with Crippen molar-refractivity contribution >= 4 is 5.91 Å². The van der Waals surface area contributed by atoms with E-state index < -0.39 is 5.91 Å². The minimum absolute atomic E-state index is 0.0116. The third kappa shape index (κ3) is 1.69.